The number of hydrogen-bond acceptors (Lipinski definition) is 2. The molecule has 0 unspecified atom stereocenters. The van der Waals surface area contributed by atoms with Gasteiger partial charge in [0, 0.05) is 0 Å². The molecule has 0 aromatic heterocycles. The summed E-state index contributed by atoms with van der Waals surface area (Å²) in [6, 6.07) is 0. The zero-order valence-electron chi connectivity index (χ0n) is 4.06. The topological polar surface area (TPSA) is 54.4 Å². The van der Waals surface area contributed by atoms with Crippen molar-refractivity contribution in [1.82, 2.24) is 0 Å². The predicted molar refractivity (Wildman–Crippen MR) is 31.1 cm³/mol. The van der Waals surface area contributed by atoms with Gasteiger partial charge in [-0.2, -0.15) is 0 Å². The molecule has 0 aromatic carbocycles. The zero-order chi connectivity index (χ0) is 6.57. The van der Waals surface area contributed by atoms with Gasteiger partial charge in [-0.25, -0.2) is 0 Å². The lowest BCUT2D eigenvalue weighted by Crippen LogP contribution is -2.06. The molecule has 0 heterocycles. The SMILES string of the molecule is O=C(O)CC(=O)CBr. The van der Waals surface area contributed by atoms with E-state index in [9.17, 15) is 9.59 Å². The van der Waals surface area contributed by atoms with Crippen molar-refractivity contribution < 1.29 is 14.7 Å². The van der Waals surface area contributed by atoms with Crippen LogP contribution in [-0.2, 0) is 9.59 Å². The van der Waals surface area contributed by atoms with Crippen LogP contribution in [0.3, 0.4) is 0 Å². The average molecular weight is 181 g/mol. The summed E-state index contributed by atoms with van der Waals surface area (Å²) in [7, 11) is 0. The molecule has 0 radical (unpaired) electrons. The highest BCUT2D eigenvalue weighted by molar-refractivity contribution is 9.09. The number of Topliss-reactive ketones (excluding diaryl/α,β-unsaturated/α-hetero) is 1. The van der Waals surface area contributed by atoms with Gasteiger partial charge in [0.25, 0.3) is 0 Å². The first kappa shape index (κ1) is 7.62. The maximum absolute atomic E-state index is 10.2. The van der Waals surface area contributed by atoms with Gasteiger partial charge in [-0.15, -0.1) is 0 Å². The second-order valence-electron chi connectivity index (χ2n) is 1.24. The quantitative estimate of drug-likeness (QED) is 0.507. The van der Waals surface area contributed by atoms with Crippen LogP contribution >= 0.6 is 15.9 Å². The number of alkyl halides is 1. The molecule has 0 amide bonds. The van der Waals surface area contributed by atoms with Crippen LogP contribution < -0.4 is 0 Å². The molecule has 1 N–H and O–H groups in total. The summed E-state index contributed by atoms with van der Waals surface area (Å²) < 4.78 is 0. The highest BCUT2D eigenvalue weighted by Gasteiger charge is 2.03. The predicted octanol–water partition coefficient (Wildman–Crippen LogP) is 0.425. The molecule has 0 saturated heterocycles. The molecule has 0 aliphatic rings. The van der Waals surface area contributed by atoms with Gasteiger partial charge >= 0.3 is 5.97 Å². The average Bonchev–Trinajstić information content (AvgIpc) is 1.65. The van der Waals surface area contributed by atoms with Gasteiger partial charge in [-0.05, 0) is 0 Å². The summed E-state index contributed by atoms with van der Waals surface area (Å²) in [6.45, 7) is 0. The molecular weight excluding hydrogens is 176 g/mol. The third-order valence-electron chi connectivity index (χ3n) is 0.497. The molecule has 0 bridgehead atoms. The molecule has 0 aliphatic carbocycles. The normalized spacial score (nSPS) is 8.62. The van der Waals surface area contributed by atoms with Crippen LogP contribution in [-0.4, -0.2) is 22.2 Å². The Bertz CT molecular complexity index is 110. The van der Waals surface area contributed by atoms with Crippen LogP contribution in [0.15, 0.2) is 0 Å². The van der Waals surface area contributed by atoms with Crippen molar-refractivity contribution in [3.8, 4) is 0 Å². The number of hydrogen-bond donors (Lipinski definition) is 1. The first-order chi connectivity index (χ1) is 3.66. The molecule has 0 fully saturated rings. The third kappa shape index (κ3) is 3.80. The van der Waals surface area contributed by atoms with Crippen molar-refractivity contribution in [2.24, 2.45) is 0 Å². The summed E-state index contributed by atoms with van der Waals surface area (Å²) in [6.07, 6.45) is -0.384. The highest BCUT2D eigenvalue weighted by atomic mass is 79.9. The Morgan fingerprint density at radius 3 is 2.12 bits per heavy atom. The minimum atomic E-state index is -1.07. The van der Waals surface area contributed by atoms with Crippen molar-refractivity contribution in [1.29, 1.82) is 0 Å². The molecule has 46 valence electrons. The van der Waals surface area contributed by atoms with Crippen LogP contribution in [0, 0.1) is 0 Å². The molecule has 0 atom stereocenters. The molecule has 0 spiro atoms. The lowest BCUT2D eigenvalue weighted by Gasteiger charge is -1.85. The number of carbonyl (C=O) groups excluding carboxylic acids is 1. The number of ketones is 1. The lowest BCUT2D eigenvalue weighted by atomic mass is 10.3. The van der Waals surface area contributed by atoms with Gasteiger partial charge in [0.05, 0.1) is 5.33 Å². The Morgan fingerprint density at radius 1 is 1.50 bits per heavy atom. The molecular formula is C4H5BrO3. The van der Waals surface area contributed by atoms with Crippen molar-refractivity contribution >= 4 is 27.7 Å². The van der Waals surface area contributed by atoms with Gasteiger partial charge in [-0.1, -0.05) is 15.9 Å². The smallest absolute Gasteiger partial charge is 0.310 e. The van der Waals surface area contributed by atoms with E-state index in [4.69, 9.17) is 5.11 Å². The van der Waals surface area contributed by atoms with E-state index in [0.29, 0.717) is 0 Å². The summed E-state index contributed by atoms with van der Waals surface area (Å²) >= 11 is 2.83. The highest BCUT2D eigenvalue weighted by Crippen LogP contribution is 1.87. The number of rotatable bonds is 3. The fourth-order valence-corrected chi connectivity index (χ4v) is 0.414. The summed E-state index contributed by atoms with van der Waals surface area (Å²) in [5, 5.41) is 8.10. The maximum Gasteiger partial charge on any atom is 0.310 e. The van der Waals surface area contributed by atoms with Crippen molar-refractivity contribution in [2.45, 2.75) is 6.42 Å². The van der Waals surface area contributed by atoms with Gasteiger partial charge in [0.15, 0.2) is 5.78 Å². The van der Waals surface area contributed by atoms with Gasteiger partial charge < -0.3 is 5.11 Å². The van der Waals surface area contributed by atoms with Gasteiger partial charge in [-0.3, -0.25) is 9.59 Å². The first-order valence-electron chi connectivity index (χ1n) is 1.96. The molecule has 0 aliphatic heterocycles. The van der Waals surface area contributed by atoms with Crippen LogP contribution in [0.2, 0.25) is 0 Å². The van der Waals surface area contributed by atoms with E-state index >= 15 is 0 Å². The fraction of sp³-hybridized carbons (Fsp3) is 0.500. The number of halogens is 1. The lowest BCUT2D eigenvalue weighted by molar-refractivity contribution is -0.139. The number of carboxylic acid groups (broad SMARTS) is 1. The largest absolute Gasteiger partial charge is 0.481 e. The molecule has 4 heteroatoms. The Balaban J connectivity index is 3.40. The van der Waals surface area contributed by atoms with E-state index < -0.39 is 5.97 Å². The second-order valence-corrected chi connectivity index (χ2v) is 1.80. The van der Waals surface area contributed by atoms with Gasteiger partial charge in [0.1, 0.15) is 6.42 Å². The summed E-state index contributed by atoms with van der Waals surface area (Å²) in [4.78, 5) is 19.9. The third-order valence-corrected chi connectivity index (χ3v) is 1.12. The first-order valence-corrected chi connectivity index (χ1v) is 3.08. The van der Waals surface area contributed by atoms with E-state index in [1.165, 1.54) is 0 Å². The number of aliphatic carboxylic acids is 1. The summed E-state index contributed by atoms with van der Waals surface area (Å²) in [5.41, 5.74) is 0. The molecule has 0 aromatic rings. The Labute approximate surface area is 54.8 Å². The Hall–Kier alpha value is -0.380. The van der Waals surface area contributed by atoms with Crippen molar-refractivity contribution in [3.05, 3.63) is 0 Å². The zero-order valence-corrected chi connectivity index (χ0v) is 5.64. The molecule has 0 saturated carbocycles. The summed E-state index contributed by atoms with van der Waals surface area (Å²) in [5.74, 6) is -1.38. The minimum absolute atomic E-state index is 0.124. The van der Waals surface area contributed by atoms with Gasteiger partial charge in [0.2, 0.25) is 0 Å². The second kappa shape index (κ2) is 3.60. The molecule has 0 rings (SSSR count). The Morgan fingerprint density at radius 2 is 2.00 bits per heavy atom. The maximum atomic E-state index is 10.2. The van der Waals surface area contributed by atoms with E-state index in [0.717, 1.165) is 0 Å². The van der Waals surface area contributed by atoms with Crippen LogP contribution in [0.25, 0.3) is 0 Å². The molecule has 3 nitrogen and oxygen atoms in total. The molecule has 8 heavy (non-hydrogen) atoms. The van der Waals surface area contributed by atoms with E-state index in [2.05, 4.69) is 15.9 Å². The number of carbonyl (C=O) groups is 2. The standard InChI is InChI=1S/C4H5BrO3/c5-2-3(6)1-4(7)8/h1-2H2,(H,7,8). The van der Waals surface area contributed by atoms with Crippen LogP contribution in [0.5, 0.6) is 0 Å². The van der Waals surface area contributed by atoms with E-state index in [1.54, 1.807) is 0 Å². The van der Waals surface area contributed by atoms with Crippen molar-refractivity contribution in [2.75, 3.05) is 5.33 Å². The van der Waals surface area contributed by atoms with Crippen LogP contribution in [0.4, 0.5) is 0 Å². The fourth-order valence-electron chi connectivity index (χ4n) is 0.216. The monoisotopic (exact) mass is 180 g/mol. The van der Waals surface area contributed by atoms with Crippen molar-refractivity contribution in [3.63, 3.8) is 0 Å². The minimum Gasteiger partial charge on any atom is -0.481 e. The Kier molecular flexibility index (Phi) is 3.43. The van der Waals surface area contributed by atoms with E-state index in [1.807, 2.05) is 0 Å². The van der Waals surface area contributed by atoms with E-state index in [-0.39, 0.29) is 17.5 Å². The van der Waals surface area contributed by atoms with Crippen LogP contribution in [0.1, 0.15) is 6.42 Å². The number of carboxylic acids is 1.